The molecule has 0 spiro atoms. The first-order valence-electron chi connectivity index (χ1n) is 10.9. The van der Waals surface area contributed by atoms with E-state index in [1.807, 2.05) is 0 Å². The van der Waals surface area contributed by atoms with Gasteiger partial charge in [-0.3, -0.25) is 4.79 Å². The van der Waals surface area contributed by atoms with Crippen molar-refractivity contribution in [2.24, 2.45) is 0 Å². The fourth-order valence-corrected chi connectivity index (χ4v) is 6.40. The molecule has 1 saturated carbocycles. The van der Waals surface area contributed by atoms with Crippen LogP contribution in [0.5, 0.6) is 0 Å². The molecule has 6 nitrogen and oxygen atoms in total. The summed E-state index contributed by atoms with van der Waals surface area (Å²) < 4.78 is 27.3. The van der Waals surface area contributed by atoms with Crippen molar-refractivity contribution in [1.29, 1.82) is 0 Å². The van der Waals surface area contributed by atoms with Crippen LogP contribution in [-0.4, -0.2) is 54.8 Å². The molecule has 1 amide bonds. The van der Waals surface area contributed by atoms with Crippen LogP contribution in [0.2, 0.25) is 0 Å². The van der Waals surface area contributed by atoms with Gasteiger partial charge in [0.1, 0.15) is 4.90 Å². The Balaban J connectivity index is 1.41. The lowest BCUT2D eigenvalue weighted by molar-refractivity contribution is -0.118. The summed E-state index contributed by atoms with van der Waals surface area (Å²) in [5.74, 6) is 0.991. The number of hydrogen-bond donors (Lipinski definition) is 1. The van der Waals surface area contributed by atoms with Gasteiger partial charge in [0.2, 0.25) is 15.9 Å². The topological polar surface area (TPSA) is 79.4 Å². The van der Waals surface area contributed by atoms with Gasteiger partial charge in [-0.2, -0.15) is 4.31 Å². The highest BCUT2D eigenvalue weighted by molar-refractivity contribution is 8.00. The maximum atomic E-state index is 12.9. The Bertz CT molecular complexity index is 974. The summed E-state index contributed by atoms with van der Waals surface area (Å²) in [7, 11) is -1.88. The van der Waals surface area contributed by atoms with Gasteiger partial charge in [0.15, 0.2) is 0 Å². The summed E-state index contributed by atoms with van der Waals surface area (Å²) in [6.45, 7) is 2.65. The molecular weight excluding hydrogens is 462 g/mol. The maximum absolute atomic E-state index is 12.9. The molecule has 1 N–H and O–H groups in total. The van der Waals surface area contributed by atoms with Crippen LogP contribution in [0.25, 0.3) is 0 Å². The van der Waals surface area contributed by atoms with Gasteiger partial charge in [-0.15, -0.1) is 11.8 Å². The van der Waals surface area contributed by atoms with E-state index < -0.39 is 10.0 Å². The fourth-order valence-electron chi connectivity index (χ4n) is 3.60. The van der Waals surface area contributed by atoms with Crippen LogP contribution in [0.4, 0.5) is 0 Å². The van der Waals surface area contributed by atoms with Crippen LogP contribution < -0.4 is 5.32 Å². The third-order valence-corrected chi connectivity index (χ3v) is 9.39. The zero-order chi connectivity index (χ0) is 23.0. The Hall–Kier alpha value is -1.55. The van der Waals surface area contributed by atoms with E-state index in [1.54, 1.807) is 30.9 Å². The number of aromatic nitrogens is 1. The molecule has 1 heterocycles. The molecule has 2 aromatic rings. The quantitative estimate of drug-likeness (QED) is 0.392. The summed E-state index contributed by atoms with van der Waals surface area (Å²) >= 11 is 3.01. The molecule has 0 saturated heterocycles. The number of pyridine rings is 1. The van der Waals surface area contributed by atoms with E-state index >= 15 is 0 Å². The molecule has 1 aromatic carbocycles. The van der Waals surface area contributed by atoms with Crippen molar-refractivity contribution in [3.63, 3.8) is 0 Å². The summed E-state index contributed by atoms with van der Waals surface area (Å²) in [4.78, 5) is 17.7. The van der Waals surface area contributed by atoms with Gasteiger partial charge in [0.05, 0.1) is 10.8 Å². The molecule has 1 aromatic heterocycles. The highest BCUT2D eigenvalue weighted by atomic mass is 32.2. The lowest BCUT2D eigenvalue weighted by Gasteiger charge is -2.30. The zero-order valence-corrected chi connectivity index (χ0v) is 21.1. The number of rotatable bonds is 10. The maximum Gasteiger partial charge on any atom is 0.244 e. The van der Waals surface area contributed by atoms with Crippen LogP contribution in [0, 0.1) is 6.92 Å². The molecule has 3 rings (SSSR count). The first kappa shape index (κ1) is 25.1. The van der Waals surface area contributed by atoms with Crippen LogP contribution >= 0.6 is 23.5 Å². The van der Waals surface area contributed by atoms with E-state index in [9.17, 15) is 13.2 Å². The van der Waals surface area contributed by atoms with Crippen LogP contribution in [0.15, 0.2) is 57.4 Å². The molecule has 0 atom stereocenters. The van der Waals surface area contributed by atoms with E-state index in [-0.39, 0.29) is 22.6 Å². The average molecular weight is 494 g/mol. The second kappa shape index (κ2) is 12.1. The van der Waals surface area contributed by atoms with Crippen molar-refractivity contribution >= 4 is 39.5 Å². The van der Waals surface area contributed by atoms with E-state index in [4.69, 9.17) is 0 Å². The average Bonchev–Trinajstić information content (AvgIpc) is 2.82. The van der Waals surface area contributed by atoms with Gasteiger partial charge in [0.25, 0.3) is 0 Å². The Morgan fingerprint density at radius 3 is 2.47 bits per heavy atom. The minimum atomic E-state index is -3.55. The van der Waals surface area contributed by atoms with Crippen molar-refractivity contribution in [2.45, 2.75) is 59.9 Å². The van der Waals surface area contributed by atoms with E-state index in [0.717, 1.165) is 31.4 Å². The summed E-state index contributed by atoms with van der Waals surface area (Å²) in [6, 6.07) is 11.6. The Morgan fingerprint density at radius 2 is 1.81 bits per heavy atom. The first-order valence-corrected chi connectivity index (χ1v) is 14.3. The van der Waals surface area contributed by atoms with Gasteiger partial charge >= 0.3 is 0 Å². The predicted molar refractivity (Wildman–Crippen MR) is 132 cm³/mol. The molecule has 9 heteroatoms. The number of hydrogen-bond acceptors (Lipinski definition) is 6. The van der Waals surface area contributed by atoms with Crippen molar-refractivity contribution in [2.75, 3.05) is 25.1 Å². The van der Waals surface area contributed by atoms with Crippen LogP contribution in [0.1, 0.15) is 37.7 Å². The number of thioether (sulfide) groups is 2. The third-order valence-electron chi connectivity index (χ3n) is 5.54. The Morgan fingerprint density at radius 1 is 1.09 bits per heavy atom. The summed E-state index contributed by atoms with van der Waals surface area (Å²) in [6.07, 6.45) is 6.55. The Kier molecular flexibility index (Phi) is 9.46. The number of sulfonamides is 1. The smallest absolute Gasteiger partial charge is 0.244 e. The van der Waals surface area contributed by atoms with Gasteiger partial charge in [0, 0.05) is 36.5 Å². The largest absolute Gasteiger partial charge is 0.355 e. The number of carbonyl (C=O) groups is 1. The second-order valence-electron chi connectivity index (χ2n) is 7.95. The number of carbonyl (C=O) groups excluding carboxylic acids is 1. The standard InChI is InChI=1S/C23H31N3O3S3/c1-18-8-10-20(11-9-18)30-15-14-24-22(27)17-31-23-13-12-21(16-25-23)32(28,29)26(2)19-6-4-3-5-7-19/h8-13,16,19H,3-7,14-15,17H2,1-2H3,(H,24,27). The SMILES string of the molecule is Cc1ccc(SCCNC(=O)CSc2ccc(S(=O)(=O)N(C)C3CCCCC3)cn2)cc1. The minimum Gasteiger partial charge on any atom is -0.355 e. The van der Waals surface area contributed by atoms with Gasteiger partial charge in [-0.1, -0.05) is 48.7 Å². The number of benzene rings is 1. The molecule has 1 aliphatic carbocycles. The lowest BCUT2D eigenvalue weighted by atomic mass is 9.96. The molecule has 1 fully saturated rings. The molecule has 174 valence electrons. The molecular formula is C23H31N3O3S3. The fraction of sp³-hybridized carbons (Fsp3) is 0.478. The molecule has 0 unspecified atom stereocenters. The highest BCUT2D eigenvalue weighted by Crippen LogP contribution is 2.27. The number of amides is 1. The lowest BCUT2D eigenvalue weighted by Crippen LogP contribution is -2.38. The highest BCUT2D eigenvalue weighted by Gasteiger charge is 2.29. The minimum absolute atomic E-state index is 0.0602. The number of nitrogens with one attached hydrogen (secondary N) is 1. The van der Waals surface area contributed by atoms with Crippen molar-refractivity contribution in [1.82, 2.24) is 14.6 Å². The van der Waals surface area contributed by atoms with Crippen LogP contribution in [0.3, 0.4) is 0 Å². The van der Waals surface area contributed by atoms with Crippen molar-refractivity contribution in [3.05, 3.63) is 48.2 Å². The third kappa shape index (κ3) is 7.23. The van der Waals surface area contributed by atoms with Crippen molar-refractivity contribution in [3.8, 4) is 0 Å². The van der Waals surface area contributed by atoms with Crippen LogP contribution in [-0.2, 0) is 14.8 Å². The molecule has 0 radical (unpaired) electrons. The summed E-state index contributed by atoms with van der Waals surface area (Å²) in [5, 5.41) is 3.54. The molecule has 1 aliphatic rings. The predicted octanol–water partition coefficient (Wildman–Crippen LogP) is 4.34. The molecule has 32 heavy (non-hydrogen) atoms. The van der Waals surface area contributed by atoms with Crippen molar-refractivity contribution < 1.29 is 13.2 Å². The van der Waals surface area contributed by atoms with Gasteiger partial charge < -0.3 is 5.32 Å². The number of nitrogens with zero attached hydrogens (tertiary/aromatic N) is 2. The van der Waals surface area contributed by atoms with Gasteiger partial charge in [-0.25, -0.2) is 13.4 Å². The normalized spacial score (nSPS) is 15.1. The number of aryl methyl sites for hydroxylation is 1. The zero-order valence-electron chi connectivity index (χ0n) is 18.6. The second-order valence-corrected chi connectivity index (χ2v) is 12.1. The molecule has 0 aliphatic heterocycles. The summed E-state index contributed by atoms with van der Waals surface area (Å²) in [5.41, 5.74) is 1.23. The van der Waals surface area contributed by atoms with E-state index in [2.05, 4.69) is 41.5 Å². The Labute approximate surface area is 200 Å². The molecule has 0 bridgehead atoms. The monoisotopic (exact) mass is 493 g/mol. The van der Waals surface area contributed by atoms with E-state index in [1.165, 1.54) is 39.1 Å². The first-order chi connectivity index (χ1) is 15.4. The van der Waals surface area contributed by atoms with Gasteiger partial charge in [-0.05, 0) is 44.0 Å². The van der Waals surface area contributed by atoms with E-state index in [0.29, 0.717) is 11.6 Å².